The van der Waals surface area contributed by atoms with Crippen molar-refractivity contribution in [1.29, 1.82) is 0 Å². The first-order valence-corrected chi connectivity index (χ1v) is 6.13. The maximum Gasteiger partial charge on any atom is 0.193 e. The Morgan fingerprint density at radius 2 is 2.11 bits per heavy atom. The molecule has 0 saturated heterocycles. The van der Waals surface area contributed by atoms with Gasteiger partial charge in [-0.3, -0.25) is 0 Å². The number of benzene rings is 1. The lowest BCUT2D eigenvalue weighted by molar-refractivity contribution is 0.520. The lowest BCUT2D eigenvalue weighted by atomic mass is 10.2. The number of aromatic nitrogens is 3. The summed E-state index contributed by atoms with van der Waals surface area (Å²) >= 11 is 5.74. The molecule has 0 unspecified atom stereocenters. The molecule has 0 spiro atoms. The normalized spacial score (nSPS) is 10.6. The third-order valence-corrected chi connectivity index (χ3v) is 2.85. The predicted octanol–water partition coefficient (Wildman–Crippen LogP) is 3.13. The van der Waals surface area contributed by atoms with Gasteiger partial charge in [0.1, 0.15) is 18.4 Å². The summed E-state index contributed by atoms with van der Waals surface area (Å²) in [4.78, 5) is 3.95. The molecule has 0 fully saturated rings. The fourth-order valence-electron chi connectivity index (χ4n) is 1.78. The Hall–Kier alpha value is -2.27. The summed E-state index contributed by atoms with van der Waals surface area (Å²) < 4.78 is 7.01. The first-order chi connectivity index (χ1) is 9.33. The quantitative estimate of drug-likeness (QED) is 0.794. The Labute approximate surface area is 114 Å². The molecular formula is C13H11ClN4O. The highest BCUT2D eigenvalue weighted by molar-refractivity contribution is 6.28. The molecule has 0 aliphatic heterocycles. The molecule has 0 saturated carbocycles. The van der Waals surface area contributed by atoms with Crippen LogP contribution in [-0.2, 0) is 6.54 Å². The summed E-state index contributed by atoms with van der Waals surface area (Å²) in [7, 11) is 0. The van der Waals surface area contributed by atoms with E-state index in [0.29, 0.717) is 11.8 Å². The largest absolute Gasteiger partial charge is 0.448 e. The molecule has 1 N–H and O–H groups in total. The van der Waals surface area contributed by atoms with Gasteiger partial charge in [0, 0.05) is 0 Å². The van der Waals surface area contributed by atoms with E-state index in [1.807, 2.05) is 30.3 Å². The average molecular weight is 275 g/mol. The van der Waals surface area contributed by atoms with Crippen molar-refractivity contribution < 1.29 is 4.42 Å². The smallest absolute Gasteiger partial charge is 0.193 e. The van der Waals surface area contributed by atoms with E-state index in [9.17, 15) is 0 Å². The number of hydrogen-bond donors (Lipinski definition) is 1. The van der Waals surface area contributed by atoms with E-state index in [2.05, 4.69) is 15.4 Å². The van der Waals surface area contributed by atoms with Gasteiger partial charge in [-0.15, -0.1) is 0 Å². The number of hydrogen-bond acceptors (Lipinski definition) is 4. The second kappa shape index (κ2) is 5.16. The standard InChI is InChI=1S/C13H11ClN4O/c14-13-6-5-10(19-13)7-16-11-3-1-2-4-12(11)18-9-15-8-17-18/h1-6,8-9,16H,7H2. The highest BCUT2D eigenvalue weighted by Crippen LogP contribution is 2.20. The number of para-hydroxylation sites is 2. The highest BCUT2D eigenvalue weighted by Gasteiger charge is 2.05. The number of furan rings is 1. The average Bonchev–Trinajstić information content (AvgIpc) is 3.08. The van der Waals surface area contributed by atoms with Crippen molar-refractivity contribution in [2.24, 2.45) is 0 Å². The first-order valence-electron chi connectivity index (χ1n) is 5.75. The van der Waals surface area contributed by atoms with Crippen molar-refractivity contribution in [3.8, 4) is 5.69 Å². The van der Waals surface area contributed by atoms with Gasteiger partial charge < -0.3 is 9.73 Å². The summed E-state index contributed by atoms with van der Waals surface area (Å²) in [5, 5.41) is 7.81. The molecule has 3 aromatic rings. The van der Waals surface area contributed by atoms with Crippen molar-refractivity contribution in [2.75, 3.05) is 5.32 Å². The van der Waals surface area contributed by atoms with Crippen LogP contribution in [0.15, 0.2) is 53.5 Å². The summed E-state index contributed by atoms with van der Waals surface area (Å²) in [6, 6.07) is 11.4. The van der Waals surface area contributed by atoms with Gasteiger partial charge in [0.05, 0.1) is 17.9 Å². The maximum atomic E-state index is 5.74. The van der Waals surface area contributed by atoms with Crippen LogP contribution in [0, 0.1) is 0 Å². The van der Waals surface area contributed by atoms with Crippen molar-refractivity contribution in [3.05, 3.63) is 60.0 Å². The topological polar surface area (TPSA) is 55.9 Å². The Morgan fingerprint density at radius 3 is 2.84 bits per heavy atom. The lowest BCUT2D eigenvalue weighted by Crippen LogP contribution is -2.04. The molecule has 0 bridgehead atoms. The number of nitrogens with one attached hydrogen (secondary N) is 1. The molecular weight excluding hydrogens is 264 g/mol. The van der Waals surface area contributed by atoms with Gasteiger partial charge in [-0.05, 0) is 35.9 Å². The molecule has 19 heavy (non-hydrogen) atoms. The van der Waals surface area contributed by atoms with Gasteiger partial charge in [0.2, 0.25) is 0 Å². The van der Waals surface area contributed by atoms with Crippen LogP contribution >= 0.6 is 11.6 Å². The molecule has 5 nitrogen and oxygen atoms in total. The molecule has 6 heteroatoms. The van der Waals surface area contributed by atoms with E-state index in [-0.39, 0.29) is 0 Å². The van der Waals surface area contributed by atoms with Crippen molar-refractivity contribution in [1.82, 2.24) is 14.8 Å². The highest BCUT2D eigenvalue weighted by atomic mass is 35.5. The number of anilines is 1. The van der Waals surface area contributed by atoms with E-state index >= 15 is 0 Å². The molecule has 0 amide bonds. The summed E-state index contributed by atoms with van der Waals surface area (Å²) in [6.07, 6.45) is 3.16. The summed E-state index contributed by atoms with van der Waals surface area (Å²) in [5.74, 6) is 0.776. The minimum Gasteiger partial charge on any atom is -0.448 e. The molecule has 96 valence electrons. The van der Waals surface area contributed by atoms with E-state index < -0.39 is 0 Å². The van der Waals surface area contributed by atoms with Crippen molar-refractivity contribution in [2.45, 2.75) is 6.54 Å². The Morgan fingerprint density at radius 1 is 1.21 bits per heavy atom. The maximum absolute atomic E-state index is 5.74. The summed E-state index contributed by atoms with van der Waals surface area (Å²) in [5.41, 5.74) is 1.87. The van der Waals surface area contributed by atoms with E-state index in [1.165, 1.54) is 6.33 Å². The van der Waals surface area contributed by atoms with Gasteiger partial charge in [-0.1, -0.05) is 12.1 Å². The van der Waals surface area contributed by atoms with Crippen LogP contribution in [-0.4, -0.2) is 14.8 Å². The molecule has 3 rings (SSSR count). The zero-order valence-corrected chi connectivity index (χ0v) is 10.7. The minimum atomic E-state index is 0.390. The Bertz CT molecular complexity index is 663. The monoisotopic (exact) mass is 274 g/mol. The van der Waals surface area contributed by atoms with Crippen molar-refractivity contribution in [3.63, 3.8) is 0 Å². The SMILES string of the molecule is Clc1ccc(CNc2ccccc2-n2cncn2)o1. The van der Waals surface area contributed by atoms with Gasteiger partial charge in [-0.2, -0.15) is 5.10 Å². The fourth-order valence-corrected chi connectivity index (χ4v) is 1.95. The zero-order chi connectivity index (χ0) is 13.1. The second-order valence-electron chi connectivity index (χ2n) is 3.92. The third-order valence-electron chi connectivity index (χ3n) is 2.65. The molecule has 1 aromatic carbocycles. The van der Waals surface area contributed by atoms with Crippen LogP contribution in [0.3, 0.4) is 0 Å². The lowest BCUT2D eigenvalue weighted by Gasteiger charge is -2.10. The first kappa shape index (κ1) is 11.8. The van der Waals surface area contributed by atoms with Crippen LogP contribution in [0.2, 0.25) is 5.22 Å². The van der Waals surface area contributed by atoms with Gasteiger partial charge in [-0.25, -0.2) is 9.67 Å². The molecule has 2 aromatic heterocycles. The molecule has 0 aliphatic rings. The van der Waals surface area contributed by atoms with E-state index in [0.717, 1.165) is 17.1 Å². The van der Waals surface area contributed by atoms with Crippen LogP contribution in [0.1, 0.15) is 5.76 Å². The Kier molecular flexibility index (Phi) is 3.20. The van der Waals surface area contributed by atoms with Crippen LogP contribution in [0.25, 0.3) is 5.69 Å². The van der Waals surface area contributed by atoms with Gasteiger partial charge >= 0.3 is 0 Å². The Balaban J connectivity index is 1.81. The predicted molar refractivity (Wildman–Crippen MR) is 72.4 cm³/mol. The number of halogens is 1. The molecule has 0 radical (unpaired) electrons. The molecule has 0 aliphatic carbocycles. The van der Waals surface area contributed by atoms with Crippen LogP contribution in [0.5, 0.6) is 0 Å². The second-order valence-corrected chi connectivity index (χ2v) is 4.29. The van der Waals surface area contributed by atoms with Gasteiger partial charge in [0.25, 0.3) is 0 Å². The molecule has 0 atom stereocenters. The summed E-state index contributed by atoms with van der Waals surface area (Å²) in [6.45, 7) is 0.554. The van der Waals surface area contributed by atoms with E-state index in [1.54, 1.807) is 17.1 Å². The van der Waals surface area contributed by atoms with Gasteiger partial charge in [0.15, 0.2) is 5.22 Å². The zero-order valence-electron chi connectivity index (χ0n) is 9.95. The minimum absolute atomic E-state index is 0.390. The molecule has 2 heterocycles. The third kappa shape index (κ3) is 2.61. The van der Waals surface area contributed by atoms with E-state index in [4.69, 9.17) is 16.0 Å². The fraction of sp³-hybridized carbons (Fsp3) is 0.0769. The van der Waals surface area contributed by atoms with Crippen LogP contribution in [0.4, 0.5) is 5.69 Å². The van der Waals surface area contributed by atoms with Crippen molar-refractivity contribution >= 4 is 17.3 Å². The van der Waals surface area contributed by atoms with Crippen LogP contribution < -0.4 is 5.32 Å². The number of rotatable bonds is 4. The number of nitrogens with zero attached hydrogens (tertiary/aromatic N) is 3.